The first-order valence-electron chi connectivity index (χ1n) is 8.26. The SMILES string of the molecule is COc1ccccc1N1CCN(CCNc2ccccc2)CC1. The van der Waals surface area contributed by atoms with Gasteiger partial charge in [-0.15, -0.1) is 0 Å². The quantitative estimate of drug-likeness (QED) is 0.888. The summed E-state index contributed by atoms with van der Waals surface area (Å²) in [5.41, 5.74) is 2.40. The van der Waals surface area contributed by atoms with E-state index >= 15 is 0 Å². The van der Waals surface area contributed by atoms with E-state index in [1.165, 1.54) is 11.4 Å². The van der Waals surface area contributed by atoms with Gasteiger partial charge in [-0.3, -0.25) is 4.90 Å². The lowest BCUT2D eigenvalue weighted by molar-refractivity contribution is 0.266. The Morgan fingerprint density at radius 3 is 2.35 bits per heavy atom. The van der Waals surface area contributed by atoms with Gasteiger partial charge in [-0.1, -0.05) is 30.3 Å². The number of para-hydroxylation sites is 3. The molecule has 0 bridgehead atoms. The van der Waals surface area contributed by atoms with Crippen molar-refractivity contribution in [1.82, 2.24) is 4.90 Å². The number of anilines is 2. The number of benzene rings is 2. The van der Waals surface area contributed by atoms with Crippen molar-refractivity contribution < 1.29 is 4.74 Å². The van der Waals surface area contributed by atoms with Crippen LogP contribution in [-0.2, 0) is 0 Å². The summed E-state index contributed by atoms with van der Waals surface area (Å²) >= 11 is 0. The van der Waals surface area contributed by atoms with Crippen molar-refractivity contribution in [3.63, 3.8) is 0 Å². The van der Waals surface area contributed by atoms with Crippen LogP contribution in [0, 0.1) is 0 Å². The van der Waals surface area contributed by atoms with Crippen molar-refractivity contribution in [2.24, 2.45) is 0 Å². The molecule has 2 aromatic carbocycles. The fraction of sp³-hybridized carbons (Fsp3) is 0.368. The standard InChI is InChI=1S/C19H25N3O/c1-23-19-10-6-5-9-18(19)22-15-13-21(14-16-22)12-11-20-17-7-3-2-4-8-17/h2-10,20H,11-16H2,1H3. The molecule has 1 saturated heterocycles. The Bertz CT molecular complexity index is 595. The van der Waals surface area contributed by atoms with E-state index in [2.05, 4.69) is 51.5 Å². The molecule has 0 saturated carbocycles. The second-order valence-corrected chi connectivity index (χ2v) is 5.79. The number of hydrogen-bond acceptors (Lipinski definition) is 4. The van der Waals surface area contributed by atoms with Crippen molar-refractivity contribution in [1.29, 1.82) is 0 Å². The normalized spacial score (nSPS) is 15.4. The molecule has 3 rings (SSSR count). The van der Waals surface area contributed by atoms with Crippen LogP contribution in [0.4, 0.5) is 11.4 Å². The Balaban J connectivity index is 1.45. The number of ether oxygens (including phenoxy) is 1. The molecule has 0 amide bonds. The maximum Gasteiger partial charge on any atom is 0.142 e. The molecule has 0 unspecified atom stereocenters. The minimum absolute atomic E-state index is 0.965. The number of methoxy groups -OCH3 is 1. The zero-order valence-electron chi connectivity index (χ0n) is 13.7. The Morgan fingerprint density at radius 1 is 0.913 bits per heavy atom. The summed E-state index contributed by atoms with van der Waals surface area (Å²) in [7, 11) is 1.74. The van der Waals surface area contributed by atoms with E-state index in [4.69, 9.17) is 4.74 Å². The van der Waals surface area contributed by atoms with Gasteiger partial charge in [0.2, 0.25) is 0 Å². The number of piperazine rings is 1. The first kappa shape index (κ1) is 15.7. The summed E-state index contributed by atoms with van der Waals surface area (Å²) in [4.78, 5) is 4.93. The summed E-state index contributed by atoms with van der Waals surface area (Å²) in [5.74, 6) is 0.965. The fourth-order valence-corrected chi connectivity index (χ4v) is 3.02. The van der Waals surface area contributed by atoms with E-state index in [1.807, 2.05) is 18.2 Å². The third-order valence-electron chi connectivity index (χ3n) is 4.33. The second-order valence-electron chi connectivity index (χ2n) is 5.79. The summed E-state index contributed by atoms with van der Waals surface area (Å²) in [6, 6.07) is 18.7. The van der Waals surface area contributed by atoms with E-state index in [1.54, 1.807) is 7.11 Å². The van der Waals surface area contributed by atoms with Gasteiger partial charge in [0.15, 0.2) is 0 Å². The maximum absolute atomic E-state index is 5.47. The zero-order chi connectivity index (χ0) is 15.9. The van der Waals surface area contributed by atoms with Crippen LogP contribution in [0.15, 0.2) is 54.6 Å². The average molecular weight is 311 g/mol. The van der Waals surface area contributed by atoms with Gasteiger partial charge in [0.25, 0.3) is 0 Å². The van der Waals surface area contributed by atoms with Crippen molar-refractivity contribution in [2.45, 2.75) is 0 Å². The van der Waals surface area contributed by atoms with Gasteiger partial charge >= 0.3 is 0 Å². The number of nitrogens with zero attached hydrogens (tertiary/aromatic N) is 2. The summed E-state index contributed by atoms with van der Waals surface area (Å²) in [5, 5.41) is 3.48. The molecular formula is C19H25N3O. The van der Waals surface area contributed by atoms with Crippen LogP contribution in [0.5, 0.6) is 5.75 Å². The smallest absolute Gasteiger partial charge is 0.142 e. The van der Waals surface area contributed by atoms with Gasteiger partial charge in [0.1, 0.15) is 5.75 Å². The van der Waals surface area contributed by atoms with Crippen LogP contribution in [-0.4, -0.2) is 51.3 Å². The maximum atomic E-state index is 5.47. The van der Waals surface area contributed by atoms with Gasteiger partial charge in [-0.05, 0) is 24.3 Å². The third kappa shape index (κ3) is 4.17. The molecule has 0 radical (unpaired) electrons. The predicted octanol–water partition coefficient (Wildman–Crippen LogP) is 2.93. The van der Waals surface area contributed by atoms with Crippen LogP contribution in [0.1, 0.15) is 0 Å². The van der Waals surface area contributed by atoms with Crippen molar-refractivity contribution in [2.75, 3.05) is 56.6 Å². The van der Waals surface area contributed by atoms with Crippen LogP contribution in [0.3, 0.4) is 0 Å². The molecule has 4 heteroatoms. The van der Waals surface area contributed by atoms with Gasteiger partial charge in [0.05, 0.1) is 12.8 Å². The highest BCUT2D eigenvalue weighted by atomic mass is 16.5. The summed E-state index contributed by atoms with van der Waals surface area (Å²) in [6.45, 7) is 6.34. The molecule has 1 N–H and O–H groups in total. The zero-order valence-corrected chi connectivity index (χ0v) is 13.7. The molecule has 2 aromatic rings. The van der Waals surface area contributed by atoms with E-state index in [-0.39, 0.29) is 0 Å². The Morgan fingerprint density at radius 2 is 1.61 bits per heavy atom. The lowest BCUT2D eigenvalue weighted by Crippen LogP contribution is -2.47. The summed E-state index contributed by atoms with van der Waals surface area (Å²) in [6.07, 6.45) is 0. The van der Waals surface area contributed by atoms with Crippen LogP contribution in [0.25, 0.3) is 0 Å². The topological polar surface area (TPSA) is 27.7 Å². The number of rotatable bonds is 6. The second kappa shape index (κ2) is 7.88. The number of nitrogens with one attached hydrogen (secondary N) is 1. The molecular weight excluding hydrogens is 286 g/mol. The molecule has 0 aromatic heterocycles. The minimum Gasteiger partial charge on any atom is -0.495 e. The van der Waals surface area contributed by atoms with Gasteiger partial charge < -0.3 is 15.0 Å². The molecule has 1 fully saturated rings. The molecule has 1 aliphatic heterocycles. The fourth-order valence-electron chi connectivity index (χ4n) is 3.02. The van der Waals surface area contributed by atoms with E-state index in [0.717, 1.165) is 45.0 Å². The van der Waals surface area contributed by atoms with Crippen molar-refractivity contribution >= 4 is 11.4 Å². The largest absolute Gasteiger partial charge is 0.495 e. The van der Waals surface area contributed by atoms with Crippen LogP contribution in [0.2, 0.25) is 0 Å². The monoisotopic (exact) mass is 311 g/mol. The van der Waals surface area contributed by atoms with Gasteiger partial charge in [-0.2, -0.15) is 0 Å². The highest BCUT2D eigenvalue weighted by Gasteiger charge is 2.18. The predicted molar refractivity (Wildman–Crippen MR) is 96.6 cm³/mol. The van der Waals surface area contributed by atoms with Crippen molar-refractivity contribution in [3.8, 4) is 5.75 Å². The Kier molecular flexibility index (Phi) is 5.37. The Labute approximate surface area is 138 Å². The van der Waals surface area contributed by atoms with Crippen LogP contribution < -0.4 is 15.0 Å². The molecule has 4 nitrogen and oxygen atoms in total. The summed E-state index contributed by atoms with van der Waals surface area (Å²) < 4.78 is 5.47. The van der Waals surface area contributed by atoms with Crippen molar-refractivity contribution in [3.05, 3.63) is 54.6 Å². The number of hydrogen-bond donors (Lipinski definition) is 1. The van der Waals surface area contributed by atoms with E-state index in [9.17, 15) is 0 Å². The average Bonchev–Trinajstić information content (AvgIpc) is 2.63. The van der Waals surface area contributed by atoms with E-state index < -0.39 is 0 Å². The van der Waals surface area contributed by atoms with Gasteiger partial charge in [-0.25, -0.2) is 0 Å². The van der Waals surface area contributed by atoms with Gasteiger partial charge in [0, 0.05) is 45.0 Å². The third-order valence-corrected chi connectivity index (χ3v) is 4.33. The first-order chi connectivity index (χ1) is 11.4. The lowest BCUT2D eigenvalue weighted by Gasteiger charge is -2.36. The molecule has 0 spiro atoms. The first-order valence-corrected chi connectivity index (χ1v) is 8.26. The molecule has 23 heavy (non-hydrogen) atoms. The molecule has 1 aliphatic rings. The minimum atomic E-state index is 0.965. The molecule has 0 atom stereocenters. The molecule has 1 heterocycles. The molecule has 122 valence electrons. The highest BCUT2D eigenvalue weighted by molar-refractivity contribution is 5.58. The van der Waals surface area contributed by atoms with E-state index in [0.29, 0.717) is 0 Å². The lowest BCUT2D eigenvalue weighted by atomic mass is 10.2. The highest BCUT2D eigenvalue weighted by Crippen LogP contribution is 2.28. The Hall–Kier alpha value is -2.20. The van der Waals surface area contributed by atoms with Crippen LogP contribution >= 0.6 is 0 Å². The molecule has 0 aliphatic carbocycles.